The Morgan fingerprint density at radius 2 is 1.66 bits per heavy atom. The highest BCUT2D eigenvalue weighted by Crippen LogP contribution is 2.36. The van der Waals surface area contributed by atoms with Gasteiger partial charge in [0.2, 0.25) is 0 Å². The van der Waals surface area contributed by atoms with E-state index in [1.165, 1.54) is 6.07 Å². The number of carbonyl (C=O) groups excluding carboxylic acids is 2. The summed E-state index contributed by atoms with van der Waals surface area (Å²) in [4.78, 5) is 37.9. The second-order valence-corrected chi connectivity index (χ2v) is 9.92. The molecule has 0 unspecified atom stereocenters. The molecule has 7 nitrogen and oxygen atoms in total. The van der Waals surface area contributed by atoms with E-state index < -0.39 is 16.1 Å². The molecule has 5 rings (SSSR count). The number of halogens is 1. The number of nitrogens with zero attached hydrogens (tertiary/aromatic N) is 3. The number of benzene rings is 3. The van der Waals surface area contributed by atoms with Gasteiger partial charge >= 0.3 is 0 Å². The molecule has 3 aromatic carbocycles. The number of thioether (sulfide) groups is 1. The highest BCUT2D eigenvalue weighted by molar-refractivity contribution is 9.10. The monoisotopic (exact) mass is 547 g/mol. The van der Waals surface area contributed by atoms with E-state index in [0.29, 0.717) is 17.0 Å². The Bertz CT molecular complexity index is 1510. The lowest BCUT2D eigenvalue weighted by atomic mass is 10.1. The maximum Gasteiger partial charge on any atom is 0.293 e. The van der Waals surface area contributed by atoms with Crippen LogP contribution in [0.4, 0.5) is 10.5 Å². The number of para-hydroxylation sites is 2. The van der Waals surface area contributed by atoms with E-state index in [2.05, 4.69) is 20.5 Å². The van der Waals surface area contributed by atoms with E-state index in [4.69, 9.17) is 0 Å². The number of nitro benzene ring substituents is 1. The third-order valence-electron chi connectivity index (χ3n) is 5.76. The molecule has 1 aliphatic heterocycles. The minimum Gasteiger partial charge on any atom is -0.342 e. The first kappa shape index (κ1) is 23.1. The second kappa shape index (κ2) is 9.52. The summed E-state index contributed by atoms with van der Waals surface area (Å²) in [5.41, 5.74) is 3.17. The molecule has 0 aliphatic carbocycles. The lowest BCUT2D eigenvalue weighted by molar-refractivity contribution is -0.385. The van der Waals surface area contributed by atoms with E-state index in [1.54, 1.807) is 24.3 Å². The van der Waals surface area contributed by atoms with Gasteiger partial charge in [-0.3, -0.25) is 24.6 Å². The number of carbonyl (C=O) groups is 2. The SMILES string of the molecule is O=C1S/C(=C\c2cn(Cc3ccc(Br)cc3)c3ccccc23)C(=O)N1Cc1ccccc1[N+](=O)[O-]. The number of nitro groups is 1. The molecule has 2 heterocycles. The summed E-state index contributed by atoms with van der Waals surface area (Å²) in [6.07, 6.45) is 3.70. The molecule has 1 aromatic heterocycles. The van der Waals surface area contributed by atoms with Crippen LogP contribution in [0.1, 0.15) is 16.7 Å². The van der Waals surface area contributed by atoms with Gasteiger partial charge in [-0.1, -0.05) is 64.5 Å². The first-order valence-electron chi connectivity index (χ1n) is 10.7. The van der Waals surface area contributed by atoms with Crippen molar-refractivity contribution in [3.8, 4) is 0 Å². The normalized spacial score (nSPS) is 14.9. The van der Waals surface area contributed by atoms with Gasteiger partial charge in [-0.15, -0.1) is 0 Å². The Kier molecular flexibility index (Phi) is 6.27. The highest BCUT2D eigenvalue weighted by Gasteiger charge is 2.36. The number of fused-ring (bicyclic) bond motifs is 1. The summed E-state index contributed by atoms with van der Waals surface area (Å²) >= 11 is 4.30. The quantitative estimate of drug-likeness (QED) is 0.154. The molecule has 0 atom stereocenters. The predicted octanol–water partition coefficient (Wildman–Crippen LogP) is 6.60. The fraction of sp³-hybridized carbons (Fsp3) is 0.0769. The largest absolute Gasteiger partial charge is 0.342 e. The molecular formula is C26H18BrN3O4S. The van der Waals surface area contributed by atoms with Crippen molar-refractivity contribution >= 4 is 61.5 Å². The van der Waals surface area contributed by atoms with E-state index in [9.17, 15) is 19.7 Å². The molecule has 35 heavy (non-hydrogen) atoms. The smallest absolute Gasteiger partial charge is 0.293 e. The first-order chi connectivity index (χ1) is 16.9. The lowest BCUT2D eigenvalue weighted by Gasteiger charge is -2.12. The van der Waals surface area contributed by atoms with Crippen LogP contribution in [0.2, 0.25) is 0 Å². The molecule has 174 valence electrons. The van der Waals surface area contributed by atoms with Crippen molar-refractivity contribution in [2.24, 2.45) is 0 Å². The fourth-order valence-electron chi connectivity index (χ4n) is 4.08. The van der Waals surface area contributed by atoms with Crippen molar-refractivity contribution in [2.75, 3.05) is 0 Å². The zero-order valence-corrected chi connectivity index (χ0v) is 20.7. The van der Waals surface area contributed by atoms with Crippen LogP contribution in [0.15, 0.2) is 88.4 Å². The van der Waals surface area contributed by atoms with Gasteiger partial charge in [-0.25, -0.2) is 0 Å². The Morgan fingerprint density at radius 3 is 2.43 bits per heavy atom. The maximum atomic E-state index is 13.1. The van der Waals surface area contributed by atoms with Gasteiger partial charge < -0.3 is 4.57 Å². The number of imide groups is 1. The zero-order chi connectivity index (χ0) is 24.5. The van der Waals surface area contributed by atoms with Crippen molar-refractivity contribution in [3.63, 3.8) is 0 Å². The number of hydrogen-bond acceptors (Lipinski definition) is 5. The molecule has 1 aliphatic rings. The van der Waals surface area contributed by atoms with Crippen LogP contribution in [0, 0.1) is 10.1 Å². The number of aromatic nitrogens is 1. The van der Waals surface area contributed by atoms with E-state index >= 15 is 0 Å². The van der Waals surface area contributed by atoms with Crippen molar-refractivity contribution in [2.45, 2.75) is 13.1 Å². The van der Waals surface area contributed by atoms with Crippen molar-refractivity contribution < 1.29 is 14.5 Å². The molecule has 9 heteroatoms. The molecule has 2 amide bonds. The third kappa shape index (κ3) is 4.65. The third-order valence-corrected chi connectivity index (χ3v) is 7.20. The number of rotatable bonds is 6. The van der Waals surface area contributed by atoms with E-state index in [-0.39, 0.29) is 12.2 Å². The topological polar surface area (TPSA) is 85.5 Å². The van der Waals surface area contributed by atoms with Gasteiger partial charge in [0.25, 0.3) is 16.8 Å². The molecule has 0 saturated carbocycles. The summed E-state index contributed by atoms with van der Waals surface area (Å²) in [6, 6.07) is 22.1. The molecule has 0 N–H and O–H groups in total. The molecule has 1 saturated heterocycles. The average Bonchev–Trinajstić information content (AvgIpc) is 3.33. The van der Waals surface area contributed by atoms with Crippen LogP contribution < -0.4 is 0 Å². The van der Waals surface area contributed by atoms with Crippen molar-refractivity contribution in [3.05, 3.63) is 115 Å². The fourth-order valence-corrected chi connectivity index (χ4v) is 5.17. The second-order valence-electron chi connectivity index (χ2n) is 8.01. The molecule has 0 radical (unpaired) electrons. The Labute approximate surface area is 213 Å². The van der Waals surface area contributed by atoms with Gasteiger partial charge in [-0.2, -0.15) is 0 Å². The van der Waals surface area contributed by atoms with Crippen molar-refractivity contribution in [1.29, 1.82) is 0 Å². The summed E-state index contributed by atoms with van der Waals surface area (Å²) in [6.45, 7) is 0.505. The molecule has 4 aromatic rings. The van der Waals surface area contributed by atoms with Gasteiger partial charge in [0.1, 0.15) is 0 Å². The minimum atomic E-state index is -0.509. The number of hydrogen-bond donors (Lipinski definition) is 0. The van der Waals surface area contributed by atoms with Crippen LogP contribution in [-0.2, 0) is 17.9 Å². The summed E-state index contributed by atoms with van der Waals surface area (Å²) < 4.78 is 3.12. The summed E-state index contributed by atoms with van der Waals surface area (Å²) in [7, 11) is 0. The lowest BCUT2D eigenvalue weighted by Crippen LogP contribution is -2.27. The van der Waals surface area contributed by atoms with E-state index in [1.807, 2.05) is 54.7 Å². The van der Waals surface area contributed by atoms with Crippen LogP contribution in [-0.4, -0.2) is 25.5 Å². The summed E-state index contributed by atoms with van der Waals surface area (Å²) in [5.74, 6) is -0.456. The molecule has 0 bridgehead atoms. The molecule has 0 spiro atoms. The van der Waals surface area contributed by atoms with Gasteiger partial charge in [0, 0.05) is 45.3 Å². The van der Waals surface area contributed by atoms with Crippen LogP contribution >= 0.6 is 27.7 Å². The van der Waals surface area contributed by atoms with Gasteiger partial charge in [0.05, 0.1) is 16.4 Å². The Hall–Kier alpha value is -3.69. The van der Waals surface area contributed by atoms with Crippen LogP contribution in [0.25, 0.3) is 17.0 Å². The van der Waals surface area contributed by atoms with Gasteiger partial charge in [0.15, 0.2) is 0 Å². The summed E-state index contributed by atoms with van der Waals surface area (Å²) in [5, 5.41) is 11.9. The van der Waals surface area contributed by atoms with E-state index in [0.717, 1.165) is 43.2 Å². The Balaban J connectivity index is 1.46. The first-order valence-corrected chi connectivity index (χ1v) is 12.3. The minimum absolute atomic E-state index is 0.119. The predicted molar refractivity (Wildman–Crippen MR) is 140 cm³/mol. The standard InChI is InChI=1S/C26H18BrN3O4S/c27-20-11-9-17(10-12-20)14-28-15-19(21-6-2-4-8-23(21)28)13-24-25(31)29(26(32)35-24)16-18-5-1-3-7-22(18)30(33)34/h1-13,15H,14,16H2/b24-13-. The maximum absolute atomic E-state index is 13.1. The van der Waals surface area contributed by atoms with Crippen LogP contribution in [0.3, 0.4) is 0 Å². The van der Waals surface area contributed by atoms with Crippen LogP contribution in [0.5, 0.6) is 0 Å². The van der Waals surface area contributed by atoms with Gasteiger partial charge in [-0.05, 0) is 41.6 Å². The molecule has 1 fully saturated rings. The zero-order valence-electron chi connectivity index (χ0n) is 18.3. The molecular weight excluding hydrogens is 530 g/mol. The average molecular weight is 548 g/mol. The highest BCUT2D eigenvalue weighted by atomic mass is 79.9. The number of amides is 2. The van der Waals surface area contributed by atoms with Crippen molar-refractivity contribution in [1.82, 2.24) is 9.47 Å². The Morgan fingerprint density at radius 1 is 0.943 bits per heavy atom.